The lowest BCUT2D eigenvalue weighted by atomic mass is 9.95. The zero-order valence-corrected chi connectivity index (χ0v) is 13.0. The zero-order valence-electron chi connectivity index (χ0n) is 12.2. The van der Waals surface area contributed by atoms with E-state index in [2.05, 4.69) is 0 Å². The molecule has 2 N–H and O–H groups in total. The predicted octanol–water partition coefficient (Wildman–Crippen LogP) is 2.90. The highest BCUT2D eigenvalue weighted by atomic mass is 32.2. The molecule has 0 radical (unpaired) electrons. The quantitative estimate of drug-likeness (QED) is 0.843. The zero-order chi connectivity index (χ0) is 15.9. The van der Waals surface area contributed by atoms with Gasteiger partial charge in [-0.2, -0.15) is 0 Å². The van der Waals surface area contributed by atoms with E-state index >= 15 is 0 Å². The molecule has 2 aromatic rings. The molecule has 23 heavy (non-hydrogen) atoms. The minimum atomic E-state index is -3.55. The largest absolute Gasteiger partial charge is 0.494 e. The van der Waals surface area contributed by atoms with Crippen LogP contribution in [0.25, 0.3) is 5.70 Å². The molecule has 1 aliphatic heterocycles. The summed E-state index contributed by atoms with van der Waals surface area (Å²) in [7, 11) is -3.55. The molecule has 118 valence electrons. The fourth-order valence-corrected chi connectivity index (χ4v) is 5.90. The van der Waals surface area contributed by atoms with E-state index in [0.29, 0.717) is 11.3 Å². The van der Waals surface area contributed by atoms with Crippen molar-refractivity contribution in [2.45, 2.75) is 36.0 Å². The van der Waals surface area contributed by atoms with Crippen LogP contribution in [0, 0.1) is 0 Å². The maximum atomic E-state index is 12.3. The van der Waals surface area contributed by atoms with Crippen LogP contribution in [0.3, 0.4) is 0 Å². The summed E-state index contributed by atoms with van der Waals surface area (Å²) >= 11 is 0. The van der Waals surface area contributed by atoms with Gasteiger partial charge in [0.25, 0.3) is 0 Å². The molecule has 0 spiro atoms. The van der Waals surface area contributed by atoms with Crippen molar-refractivity contribution in [2.24, 2.45) is 0 Å². The first-order chi connectivity index (χ1) is 11.0. The van der Waals surface area contributed by atoms with E-state index in [1.165, 1.54) is 4.57 Å². The van der Waals surface area contributed by atoms with Gasteiger partial charge in [0.15, 0.2) is 0 Å². The summed E-state index contributed by atoms with van der Waals surface area (Å²) in [5.74, 6) is 0.526. The van der Waals surface area contributed by atoms with Crippen molar-refractivity contribution < 1.29 is 18.6 Å². The van der Waals surface area contributed by atoms with Crippen LogP contribution in [-0.2, 0) is 9.84 Å². The van der Waals surface area contributed by atoms with Crippen molar-refractivity contribution in [1.82, 2.24) is 4.57 Å². The van der Waals surface area contributed by atoms with Gasteiger partial charge in [-0.3, -0.25) is 0 Å². The molecule has 1 aromatic heterocycles. The van der Waals surface area contributed by atoms with Crippen LogP contribution in [0.5, 0.6) is 11.8 Å². The Balaban J connectivity index is 1.80. The first-order valence-corrected chi connectivity index (χ1v) is 9.26. The Kier molecular flexibility index (Phi) is 2.30. The molecule has 2 atom stereocenters. The van der Waals surface area contributed by atoms with Crippen LogP contribution in [0.15, 0.2) is 34.6 Å². The smallest absolute Gasteiger partial charge is 0.202 e. The van der Waals surface area contributed by atoms with Crippen LogP contribution in [0.4, 0.5) is 0 Å². The lowest BCUT2D eigenvalue weighted by Gasteiger charge is -2.11. The number of aromatic hydroxyl groups is 2. The molecular formula is C17H15NO4S. The molecule has 1 aromatic carbocycles. The molecule has 6 heteroatoms. The Labute approximate surface area is 133 Å². The molecule has 3 aliphatic rings. The Hall–Kier alpha value is -2.21. The third-order valence-electron chi connectivity index (χ3n) is 5.42. The van der Waals surface area contributed by atoms with Gasteiger partial charge in [-0.25, -0.2) is 13.0 Å². The van der Waals surface area contributed by atoms with Gasteiger partial charge in [0, 0.05) is 16.7 Å². The lowest BCUT2D eigenvalue weighted by molar-refractivity contribution is 0.397. The van der Waals surface area contributed by atoms with Crippen molar-refractivity contribution in [3.05, 3.63) is 46.4 Å². The molecule has 1 saturated carbocycles. The topological polar surface area (TPSA) is 79.5 Å². The number of rotatable bonds is 1. The Bertz CT molecular complexity index is 966. The Morgan fingerprint density at radius 3 is 2.26 bits per heavy atom. The van der Waals surface area contributed by atoms with Gasteiger partial charge in [-0.05, 0) is 37.2 Å². The van der Waals surface area contributed by atoms with Crippen LogP contribution < -0.4 is 0 Å². The van der Waals surface area contributed by atoms with E-state index < -0.39 is 9.84 Å². The van der Waals surface area contributed by atoms with Gasteiger partial charge in [0.1, 0.15) is 0 Å². The minimum Gasteiger partial charge on any atom is -0.494 e. The van der Waals surface area contributed by atoms with Gasteiger partial charge in [0.05, 0.1) is 16.0 Å². The third-order valence-corrected chi connectivity index (χ3v) is 6.92. The van der Waals surface area contributed by atoms with Crippen molar-refractivity contribution in [1.29, 1.82) is 0 Å². The van der Waals surface area contributed by atoms with Crippen molar-refractivity contribution in [2.75, 3.05) is 0 Å². The van der Waals surface area contributed by atoms with Crippen LogP contribution in [0.2, 0.25) is 0 Å². The monoisotopic (exact) mass is 329 g/mol. The second-order valence-electron chi connectivity index (χ2n) is 6.56. The molecule has 2 unspecified atom stereocenters. The lowest BCUT2D eigenvalue weighted by Crippen LogP contribution is -1.98. The standard InChI is InChI=1S/C17H15NO4S/c19-16-14-9-5-6-10(7-9)15(14)17(20)18(16)12-8-23(21,22)13-4-2-1-3-11(12)13/h1-4,8-10,19-20H,5-7H2. The van der Waals surface area contributed by atoms with E-state index in [1.807, 2.05) is 0 Å². The SMILES string of the molecule is O=S1(=O)C=C(n2c(O)c3c(c2O)C2CCC3C2)c2ccccc21. The van der Waals surface area contributed by atoms with Crippen LogP contribution >= 0.6 is 0 Å². The van der Waals surface area contributed by atoms with E-state index in [0.717, 1.165) is 35.8 Å². The van der Waals surface area contributed by atoms with Gasteiger partial charge in [0.2, 0.25) is 21.6 Å². The summed E-state index contributed by atoms with van der Waals surface area (Å²) in [5.41, 5.74) is 2.45. The summed E-state index contributed by atoms with van der Waals surface area (Å²) < 4.78 is 25.9. The highest BCUT2D eigenvalue weighted by Crippen LogP contribution is 2.60. The van der Waals surface area contributed by atoms with Crippen molar-refractivity contribution in [3.63, 3.8) is 0 Å². The van der Waals surface area contributed by atoms with E-state index in [-0.39, 0.29) is 28.5 Å². The highest BCUT2D eigenvalue weighted by Gasteiger charge is 2.45. The van der Waals surface area contributed by atoms with Crippen LogP contribution in [-0.4, -0.2) is 23.2 Å². The number of hydrogen-bond acceptors (Lipinski definition) is 4. The molecule has 2 heterocycles. The van der Waals surface area contributed by atoms with E-state index in [1.54, 1.807) is 24.3 Å². The molecular weight excluding hydrogens is 314 g/mol. The maximum absolute atomic E-state index is 12.3. The molecule has 5 rings (SSSR count). The van der Waals surface area contributed by atoms with Gasteiger partial charge in [-0.15, -0.1) is 0 Å². The van der Waals surface area contributed by atoms with Gasteiger partial charge in [-0.1, -0.05) is 18.2 Å². The third kappa shape index (κ3) is 1.49. The molecule has 0 saturated heterocycles. The minimum absolute atomic E-state index is 0.0112. The van der Waals surface area contributed by atoms with E-state index in [4.69, 9.17) is 0 Å². The molecule has 2 bridgehead atoms. The number of nitrogens with zero attached hydrogens (tertiary/aromatic N) is 1. The number of sulfone groups is 1. The van der Waals surface area contributed by atoms with E-state index in [9.17, 15) is 18.6 Å². The fraction of sp³-hybridized carbons (Fsp3) is 0.294. The Morgan fingerprint density at radius 1 is 1.00 bits per heavy atom. The summed E-state index contributed by atoms with van der Waals surface area (Å²) in [5, 5.41) is 22.5. The summed E-state index contributed by atoms with van der Waals surface area (Å²) in [6, 6.07) is 6.67. The maximum Gasteiger partial charge on any atom is 0.202 e. The Morgan fingerprint density at radius 2 is 1.61 bits per heavy atom. The summed E-state index contributed by atoms with van der Waals surface area (Å²) in [4.78, 5) is 0.214. The molecule has 2 aliphatic carbocycles. The second kappa shape index (κ2) is 4.00. The number of benzene rings is 1. The highest BCUT2D eigenvalue weighted by molar-refractivity contribution is 7.95. The average Bonchev–Trinajstić information content (AvgIpc) is 3.24. The predicted molar refractivity (Wildman–Crippen MR) is 84.1 cm³/mol. The summed E-state index contributed by atoms with van der Waals surface area (Å²) in [6.07, 6.45) is 3.01. The molecule has 1 fully saturated rings. The van der Waals surface area contributed by atoms with Crippen molar-refractivity contribution >= 4 is 15.5 Å². The first-order valence-electron chi connectivity index (χ1n) is 7.72. The van der Waals surface area contributed by atoms with Crippen molar-refractivity contribution in [3.8, 4) is 11.8 Å². The first kappa shape index (κ1) is 13.2. The average molecular weight is 329 g/mol. The molecule has 0 amide bonds. The normalized spacial score (nSPS) is 26.2. The van der Waals surface area contributed by atoms with Gasteiger partial charge < -0.3 is 10.2 Å². The van der Waals surface area contributed by atoms with Gasteiger partial charge >= 0.3 is 0 Å². The van der Waals surface area contributed by atoms with Crippen LogP contribution in [0.1, 0.15) is 47.8 Å². The molecule has 5 nitrogen and oxygen atoms in total. The number of aromatic nitrogens is 1. The summed E-state index contributed by atoms with van der Waals surface area (Å²) in [6.45, 7) is 0. The number of hydrogen-bond donors (Lipinski definition) is 2. The number of fused-ring (bicyclic) bond motifs is 6. The fourth-order valence-electron chi connectivity index (χ4n) is 4.49. The second-order valence-corrected chi connectivity index (χ2v) is 8.33.